The van der Waals surface area contributed by atoms with Crippen LogP contribution in [0.15, 0.2) is 57.4 Å². The van der Waals surface area contributed by atoms with E-state index in [9.17, 15) is 13.2 Å². The Bertz CT molecular complexity index is 1450. The van der Waals surface area contributed by atoms with Gasteiger partial charge in [-0.25, -0.2) is 13.3 Å². The molecule has 3 aliphatic heterocycles. The molecular weight excluding hydrogens is 504 g/mol. The monoisotopic (exact) mass is 526 g/mol. The van der Waals surface area contributed by atoms with Crippen LogP contribution in [-0.2, 0) is 21.2 Å². The average molecular weight is 527 g/mol. The number of hydrogen-bond donors (Lipinski definition) is 1. The molecule has 0 fully saturated rings. The number of sulfone groups is 1. The lowest BCUT2D eigenvalue weighted by atomic mass is 10.1. The van der Waals surface area contributed by atoms with E-state index in [1.807, 2.05) is 18.2 Å². The summed E-state index contributed by atoms with van der Waals surface area (Å²) >= 11 is 0.781. The van der Waals surface area contributed by atoms with Gasteiger partial charge in [0, 0.05) is 0 Å². The Kier molecular flexibility index (Phi) is 6.31. The maximum absolute atomic E-state index is 12.8. The first-order valence-electron chi connectivity index (χ1n) is 11.0. The zero-order valence-corrected chi connectivity index (χ0v) is 21.1. The lowest BCUT2D eigenvalue weighted by Crippen LogP contribution is -2.46. The van der Waals surface area contributed by atoms with Gasteiger partial charge in [0.05, 0.1) is 23.3 Å². The number of carbonyl (C=O) groups is 1. The molecule has 0 spiro atoms. The summed E-state index contributed by atoms with van der Waals surface area (Å²) in [6, 6.07) is 12.6. The SMILES string of the molecule is CC(C)CS(=O)(=O)C1=NSC2=NC(=O)/C(=C\c3ccc(OCc4ccc5c(c4)OCO5)cc3)C(=N)N21. The van der Waals surface area contributed by atoms with Crippen LogP contribution in [0.2, 0.25) is 0 Å². The maximum atomic E-state index is 12.8. The number of hydrogen-bond acceptors (Lipinski definition) is 9. The van der Waals surface area contributed by atoms with Crippen molar-refractivity contribution in [2.75, 3.05) is 12.5 Å². The highest BCUT2D eigenvalue weighted by atomic mass is 32.2. The molecule has 0 saturated carbocycles. The summed E-state index contributed by atoms with van der Waals surface area (Å²) in [4.78, 5) is 17.7. The number of nitrogens with zero attached hydrogens (tertiary/aromatic N) is 3. The lowest BCUT2D eigenvalue weighted by Gasteiger charge is -2.24. The van der Waals surface area contributed by atoms with Gasteiger partial charge in [0.1, 0.15) is 18.2 Å². The molecule has 0 bridgehead atoms. The molecule has 0 saturated heterocycles. The zero-order valence-electron chi connectivity index (χ0n) is 19.4. The number of carbonyl (C=O) groups excluding carboxylic acids is 1. The first-order chi connectivity index (χ1) is 17.2. The quantitative estimate of drug-likeness (QED) is 0.446. The normalized spacial score (nSPS) is 18.0. The largest absolute Gasteiger partial charge is 0.489 e. The summed E-state index contributed by atoms with van der Waals surface area (Å²) in [5.41, 5.74) is 1.53. The van der Waals surface area contributed by atoms with Crippen LogP contribution >= 0.6 is 11.9 Å². The third-order valence-corrected chi connectivity index (χ3v) is 8.11. The minimum atomic E-state index is -3.75. The van der Waals surface area contributed by atoms with Crippen LogP contribution in [0.3, 0.4) is 0 Å². The molecule has 3 aliphatic rings. The van der Waals surface area contributed by atoms with Gasteiger partial charge < -0.3 is 14.2 Å². The lowest BCUT2D eigenvalue weighted by molar-refractivity contribution is -0.114. The Hall–Kier alpha value is -3.64. The number of fused-ring (bicyclic) bond motifs is 2. The van der Waals surface area contributed by atoms with Crippen LogP contribution in [0.25, 0.3) is 6.08 Å². The summed E-state index contributed by atoms with van der Waals surface area (Å²) in [6.45, 7) is 4.11. The first-order valence-corrected chi connectivity index (χ1v) is 13.5. The van der Waals surface area contributed by atoms with Crippen LogP contribution in [0.1, 0.15) is 25.0 Å². The molecular formula is C24H22N4O6S2. The van der Waals surface area contributed by atoms with Crippen LogP contribution < -0.4 is 14.2 Å². The number of nitrogens with one attached hydrogen (secondary N) is 1. The predicted octanol–water partition coefficient (Wildman–Crippen LogP) is 3.64. The van der Waals surface area contributed by atoms with Gasteiger partial charge in [0.25, 0.3) is 5.91 Å². The van der Waals surface area contributed by atoms with E-state index >= 15 is 0 Å². The molecule has 12 heteroatoms. The van der Waals surface area contributed by atoms with Gasteiger partial charge in [-0.3, -0.25) is 10.2 Å². The fraction of sp³-hybridized carbons (Fsp3) is 0.250. The van der Waals surface area contributed by atoms with Gasteiger partial charge in [-0.1, -0.05) is 32.0 Å². The first kappa shape index (κ1) is 24.1. The highest BCUT2D eigenvalue weighted by molar-refractivity contribution is 8.16. The third kappa shape index (κ3) is 4.73. The highest BCUT2D eigenvalue weighted by Crippen LogP contribution is 2.33. The van der Waals surface area contributed by atoms with Crippen LogP contribution in [0.5, 0.6) is 17.2 Å². The summed E-state index contributed by atoms with van der Waals surface area (Å²) < 4.78 is 46.1. The van der Waals surface area contributed by atoms with E-state index in [0.29, 0.717) is 29.4 Å². The third-order valence-electron chi connectivity index (χ3n) is 5.36. The molecule has 0 aromatic heterocycles. The van der Waals surface area contributed by atoms with Crippen molar-refractivity contribution in [2.24, 2.45) is 15.3 Å². The van der Waals surface area contributed by atoms with Crippen LogP contribution in [0.4, 0.5) is 0 Å². The van der Waals surface area contributed by atoms with E-state index in [0.717, 1.165) is 22.4 Å². The number of amidine groups is 3. The van der Waals surface area contributed by atoms with Crippen molar-refractivity contribution in [3.8, 4) is 17.2 Å². The number of aliphatic imine (C=N–C) groups is 1. The second kappa shape index (κ2) is 9.43. The molecule has 36 heavy (non-hydrogen) atoms. The summed E-state index contributed by atoms with van der Waals surface area (Å²) in [6.07, 6.45) is 1.50. The van der Waals surface area contributed by atoms with E-state index in [4.69, 9.17) is 19.6 Å². The number of rotatable bonds is 6. The Labute approximate surface area is 212 Å². The second-order valence-electron chi connectivity index (χ2n) is 8.63. The highest BCUT2D eigenvalue weighted by Gasteiger charge is 2.42. The van der Waals surface area contributed by atoms with Gasteiger partial charge in [0.15, 0.2) is 11.5 Å². The standard InChI is InChI=1S/C24H22N4O6S2/c1-14(2)12-36(30,31)24-27-35-23-26-22(29)18(21(25)28(23)24)9-15-3-6-17(7-4-15)32-11-16-5-8-19-20(10-16)34-13-33-19/h3-10,14,25H,11-13H2,1-2H3/b18-9-,25-21?. The summed E-state index contributed by atoms with van der Waals surface area (Å²) in [7, 11) is -3.75. The molecule has 0 aliphatic carbocycles. The summed E-state index contributed by atoms with van der Waals surface area (Å²) in [5, 5.41) is 8.35. The minimum absolute atomic E-state index is 0.0253. The molecule has 10 nitrogen and oxygen atoms in total. The fourth-order valence-electron chi connectivity index (χ4n) is 3.74. The zero-order chi connectivity index (χ0) is 25.4. The Morgan fingerprint density at radius 1 is 1.17 bits per heavy atom. The van der Waals surface area contributed by atoms with Gasteiger partial charge in [-0.2, -0.15) is 9.39 Å². The molecule has 2 aromatic carbocycles. The van der Waals surface area contributed by atoms with Crippen molar-refractivity contribution >= 4 is 49.9 Å². The van der Waals surface area contributed by atoms with Crippen molar-refractivity contribution in [1.82, 2.24) is 4.90 Å². The summed E-state index contributed by atoms with van der Waals surface area (Å²) in [5.74, 6) is 0.868. The smallest absolute Gasteiger partial charge is 0.283 e. The van der Waals surface area contributed by atoms with E-state index < -0.39 is 15.7 Å². The Morgan fingerprint density at radius 2 is 1.92 bits per heavy atom. The van der Waals surface area contributed by atoms with Crippen LogP contribution in [-0.4, -0.2) is 47.9 Å². The van der Waals surface area contributed by atoms with E-state index in [2.05, 4.69) is 9.39 Å². The molecule has 0 unspecified atom stereocenters. The number of ether oxygens (including phenoxy) is 3. The van der Waals surface area contributed by atoms with Gasteiger partial charge in [0.2, 0.25) is 27.0 Å². The second-order valence-corrected chi connectivity index (χ2v) is 11.3. The van der Waals surface area contributed by atoms with Gasteiger partial charge >= 0.3 is 0 Å². The molecule has 186 valence electrons. The van der Waals surface area contributed by atoms with Crippen LogP contribution in [0, 0.1) is 11.3 Å². The van der Waals surface area contributed by atoms with Crippen molar-refractivity contribution in [3.63, 3.8) is 0 Å². The van der Waals surface area contributed by atoms with E-state index in [1.54, 1.807) is 38.1 Å². The van der Waals surface area contributed by atoms with Gasteiger partial charge in [-0.15, -0.1) is 0 Å². The maximum Gasteiger partial charge on any atom is 0.283 e. The predicted molar refractivity (Wildman–Crippen MR) is 137 cm³/mol. The molecule has 2 aromatic rings. The fourth-order valence-corrected chi connectivity index (χ4v) is 6.47. The van der Waals surface area contributed by atoms with Crippen molar-refractivity contribution < 1.29 is 27.4 Å². The molecule has 5 rings (SSSR count). The Morgan fingerprint density at radius 3 is 2.67 bits per heavy atom. The van der Waals surface area contributed by atoms with Gasteiger partial charge in [-0.05, 0) is 47.4 Å². The molecule has 0 radical (unpaired) electrons. The number of amides is 1. The topological polar surface area (TPSA) is 131 Å². The average Bonchev–Trinajstić information content (AvgIpc) is 3.47. The van der Waals surface area contributed by atoms with E-state index in [1.165, 1.54) is 6.08 Å². The minimum Gasteiger partial charge on any atom is -0.489 e. The molecule has 1 amide bonds. The van der Waals surface area contributed by atoms with Crippen molar-refractivity contribution in [1.29, 1.82) is 5.41 Å². The Balaban J connectivity index is 1.31. The molecule has 3 heterocycles. The molecule has 1 N–H and O–H groups in total. The number of benzene rings is 2. The van der Waals surface area contributed by atoms with Crippen molar-refractivity contribution in [2.45, 2.75) is 20.5 Å². The molecule has 0 atom stereocenters. The van der Waals surface area contributed by atoms with E-state index in [-0.39, 0.29) is 40.2 Å². The van der Waals surface area contributed by atoms with Crippen molar-refractivity contribution in [3.05, 3.63) is 59.2 Å².